The molecule has 9 nitrogen and oxygen atoms in total. The number of hydrogen-bond donors (Lipinski definition) is 0. The number of hydrogen-bond acceptors (Lipinski definition) is 7. The fraction of sp³-hybridized carbons (Fsp3) is 0.783. The first-order valence-corrected chi connectivity index (χ1v) is 10.9. The first-order valence-electron chi connectivity index (χ1n) is 10.9. The van der Waals surface area contributed by atoms with Crippen LogP contribution in [0.5, 0.6) is 0 Å². The van der Waals surface area contributed by atoms with Crippen molar-refractivity contribution in [3.8, 4) is 0 Å². The van der Waals surface area contributed by atoms with E-state index in [1.165, 1.54) is 4.90 Å². The molecule has 2 amide bonds. The van der Waals surface area contributed by atoms with Gasteiger partial charge in [-0.15, -0.1) is 0 Å². The van der Waals surface area contributed by atoms with E-state index in [2.05, 4.69) is 6.58 Å². The molecule has 184 valence electrons. The van der Waals surface area contributed by atoms with Crippen molar-refractivity contribution >= 4 is 18.0 Å². The molecule has 0 bridgehead atoms. The normalized spacial score (nSPS) is 22.9. The Morgan fingerprint density at radius 1 is 0.844 bits per heavy atom. The van der Waals surface area contributed by atoms with Crippen LogP contribution in [0.2, 0.25) is 0 Å². The summed E-state index contributed by atoms with van der Waals surface area (Å²) in [6.45, 7) is 20.7. The number of amides is 2. The molecular formula is C23H40N2O7. The molecule has 32 heavy (non-hydrogen) atoms. The third-order valence-corrected chi connectivity index (χ3v) is 4.14. The number of Topliss-reactive ketones (excluding diaryl/α,β-unsaturated/α-hetero) is 1. The van der Waals surface area contributed by atoms with Crippen LogP contribution in [0.25, 0.3) is 0 Å². The highest BCUT2D eigenvalue weighted by molar-refractivity contribution is 5.85. The molecule has 0 aromatic heterocycles. The smallest absolute Gasteiger partial charge is 0.410 e. The van der Waals surface area contributed by atoms with E-state index >= 15 is 0 Å². The largest absolute Gasteiger partial charge is 0.444 e. The lowest BCUT2D eigenvalue weighted by molar-refractivity contribution is -0.123. The highest BCUT2D eigenvalue weighted by Gasteiger charge is 2.28. The van der Waals surface area contributed by atoms with Gasteiger partial charge in [-0.05, 0) is 61.0 Å². The van der Waals surface area contributed by atoms with Gasteiger partial charge in [-0.25, -0.2) is 9.59 Å². The number of carbonyl (C=O) groups is 3. The zero-order valence-electron chi connectivity index (χ0n) is 20.9. The van der Waals surface area contributed by atoms with Crippen LogP contribution in [0.4, 0.5) is 9.59 Å². The molecule has 2 aliphatic rings. The third-order valence-electron chi connectivity index (χ3n) is 4.14. The van der Waals surface area contributed by atoms with Gasteiger partial charge >= 0.3 is 12.2 Å². The van der Waals surface area contributed by atoms with E-state index in [0.717, 1.165) is 5.57 Å². The van der Waals surface area contributed by atoms with Crippen molar-refractivity contribution in [1.29, 1.82) is 0 Å². The lowest BCUT2D eigenvalue weighted by atomic mass is 10.2. The fourth-order valence-electron chi connectivity index (χ4n) is 2.86. The van der Waals surface area contributed by atoms with Gasteiger partial charge in [0.25, 0.3) is 0 Å². The minimum atomic E-state index is -0.545. The van der Waals surface area contributed by atoms with Crippen LogP contribution < -0.4 is 0 Å². The molecule has 2 heterocycles. The molecule has 2 unspecified atom stereocenters. The number of nitrogens with zero attached hydrogens (tertiary/aromatic N) is 2. The molecule has 9 heteroatoms. The zero-order chi connectivity index (χ0) is 24.7. The Labute approximate surface area is 192 Å². The van der Waals surface area contributed by atoms with Crippen molar-refractivity contribution in [1.82, 2.24) is 9.80 Å². The van der Waals surface area contributed by atoms with Crippen LogP contribution in [0.1, 0.15) is 55.4 Å². The molecule has 0 radical (unpaired) electrons. The molecule has 2 atom stereocenters. The lowest BCUT2D eigenvalue weighted by Gasteiger charge is -2.27. The second-order valence-electron chi connectivity index (χ2n) is 10.3. The standard InChI is InChI=1S/C12H21NO3.C11H19NO4/c1-9-6-13(7-10(2)15-8-9)11(14)16-12(3,4)5;1-8-5-12(6-9(13)7-15-8)10(14)16-11(2,3)4/h10H,1,6-8H2,2-5H3;8H,5-7H2,1-4H3. The molecule has 2 rings (SSSR count). The maximum Gasteiger partial charge on any atom is 0.410 e. The van der Waals surface area contributed by atoms with Gasteiger partial charge in [0, 0.05) is 6.54 Å². The Morgan fingerprint density at radius 2 is 1.25 bits per heavy atom. The predicted molar refractivity (Wildman–Crippen MR) is 121 cm³/mol. The van der Waals surface area contributed by atoms with Crippen LogP contribution in [-0.4, -0.2) is 90.6 Å². The van der Waals surface area contributed by atoms with Gasteiger partial charge in [-0.1, -0.05) is 6.58 Å². The van der Waals surface area contributed by atoms with Crippen LogP contribution in [0.3, 0.4) is 0 Å². The topological polar surface area (TPSA) is 94.6 Å². The van der Waals surface area contributed by atoms with E-state index in [4.69, 9.17) is 18.9 Å². The average molecular weight is 457 g/mol. The first-order chi connectivity index (χ1) is 14.6. The molecule has 2 fully saturated rings. The maximum absolute atomic E-state index is 11.9. The summed E-state index contributed by atoms with van der Waals surface area (Å²) < 4.78 is 21.2. The van der Waals surface area contributed by atoms with Gasteiger partial charge in [0.05, 0.1) is 38.4 Å². The van der Waals surface area contributed by atoms with Crippen LogP contribution in [0.15, 0.2) is 12.2 Å². The second kappa shape index (κ2) is 11.7. The Morgan fingerprint density at radius 3 is 1.69 bits per heavy atom. The number of rotatable bonds is 0. The fourth-order valence-corrected chi connectivity index (χ4v) is 2.86. The van der Waals surface area contributed by atoms with Gasteiger partial charge in [-0.3, -0.25) is 9.69 Å². The molecule has 2 saturated heterocycles. The molecule has 0 N–H and O–H groups in total. The van der Waals surface area contributed by atoms with Gasteiger partial charge in [0.15, 0.2) is 5.78 Å². The highest BCUT2D eigenvalue weighted by Crippen LogP contribution is 2.15. The predicted octanol–water partition coefficient (Wildman–Crippen LogP) is 3.41. The van der Waals surface area contributed by atoms with Gasteiger partial charge in [0.1, 0.15) is 17.8 Å². The van der Waals surface area contributed by atoms with Crippen molar-refractivity contribution in [2.45, 2.75) is 78.8 Å². The molecule has 2 aliphatic heterocycles. The summed E-state index contributed by atoms with van der Waals surface area (Å²) >= 11 is 0. The van der Waals surface area contributed by atoms with Crippen molar-refractivity contribution < 1.29 is 33.3 Å². The zero-order valence-corrected chi connectivity index (χ0v) is 20.9. The highest BCUT2D eigenvalue weighted by atomic mass is 16.6. The summed E-state index contributed by atoms with van der Waals surface area (Å²) in [5.74, 6) is -0.102. The molecule has 0 spiro atoms. The van der Waals surface area contributed by atoms with Gasteiger partial charge in [-0.2, -0.15) is 0 Å². The number of ketones is 1. The minimum Gasteiger partial charge on any atom is -0.444 e. The molecule has 0 saturated carbocycles. The summed E-state index contributed by atoms with van der Waals surface area (Å²) in [7, 11) is 0. The molecule has 0 aromatic carbocycles. The van der Waals surface area contributed by atoms with E-state index in [9.17, 15) is 14.4 Å². The monoisotopic (exact) mass is 456 g/mol. The second-order valence-corrected chi connectivity index (χ2v) is 10.3. The summed E-state index contributed by atoms with van der Waals surface area (Å²) in [6.07, 6.45) is -0.880. The van der Waals surface area contributed by atoms with Crippen LogP contribution >= 0.6 is 0 Å². The quantitative estimate of drug-likeness (QED) is 0.516. The van der Waals surface area contributed by atoms with Crippen molar-refractivity contribution in [3.63, 3.8) is 0 Å². The van der Waals surface area contributed by atoms with E-state index in [1.807, 2.05) is 34.6 Å². The number of ether oxygens (including phenoxy) is 4. The summed E-state index contributed by atoms with van der Waals surface area (Å²) in [5.41, 5.74) is -0.110. The van der Waals surface area contributed by atoms with E-state index in [-0.39, 0.29) is 37.2 Å². The Bertz CT molecular complexity index is 621. The Balaban J connectivity index is 0.000000320. The Hall–Kier alpha value is -2.13. The first kappa shape index (κ1) is 27.9. The summed E-state index contributed by atoms with van der Waals surface area (Å²) in [5, 5.41) is 0. The number of carbonyl (C=O) groups excluding carboxylic acids is 3. The lowest BCUT2D eigenvalue weighted by Crippen LogP contribution is -2.41. The van der Waals surface area contributed by atoms with Crippen LogP contribution in [-0.2, 0) is 23.7 Å². The molecule has 0 aromatic rings. The van der Waals surface area contributed by atoms with Crippen LogP contribution in [0, 0.1) is 0 Å². The average Bonchev–Trinajstić information content (AvgIpc) is 2.88. The van der Waals surface area contributed by atoms with E-state index < -0.39 is 17.3 Å². The third kappa shape index (κ3) is 11.5. The van der Waals surface area contributed by atoms with Gasteiger partial charge in [0.2, 0.25) is 0 Å². The SMILES string of the molecule is C=C1COC(C)CN(C(=O)OC(C)(C)C)C1.CC1CN(C(=O)OC(C)(C)C)CC(=O)CO1. The van der Waals surface area contributed by atoms with E-state index in [0.29, 0.717) is 26.2 Å². The summed E-state index contributed by atoms with van der Waals surface area (Å²) in [6, 6.07) is 0. The van der Waals surface area contributed by atoms with E-state index in [1.54, 1.807) is 25.7 Å². The Kier molecular flexibility index (Phi) is 10.2. The summed E-state index contributed by atoms with van der Waals surface area (Å²) in [4.78, 5) is 38.0. The van der Waals surface area contributed by atoms with Crippen molar-refractivity contribution in [3.05, 3.63) is 12.2 Å². The van der Waals surface area contributed by atoms with Gasteiger partial charge < -0.3 is 23.8 Å². The molecular weight excluding hydrogens is 416 g/mol. The molecule has 0 aliphatic carbocycles. The maximum atomic E-state index is 11.9. The van der Waals surface area contributed by atoms with Crippen molar-refractivity contribution in [2.75, 3.05) is 39.4 Å². The van der Waals surface area contributed by atoms with Crippen molar-refractivity contribution in [2.24, 2.45) is 0 Å². The minimum absolute atomic E-state index is 0.0202.